The van der Waals surface area contributed by atoms with E-state index in [-0.39, 0.29) is 0 Å². The van der Waals surface area contributed by atoms with Crippen LogP contribution < -0.4 is 0 Å². The van der Waals surface area contributed by atoms with Crippen LogP contribution in [0.25, 0.3) is 0 Å². The van der Waals surface area contributed by atoms with Gasteiger partial charge in [-0.25, -0.2) is 0 Å². The lowest BCUT2D eigenvalue weighted by atomic mass is 10.2. The van der Waals surface area contributed by atoms with E-state index in [4.69, 9.17) is 0 Å². The summed E-state index contributed by atoms with van der Waals surface area (Å²) < 4.78 is 2.51. The van der Waals surface area contributed by atoms with Crippen LogP contribution in [0, 0.1) is 0 Å². The first-order valence-electron chi connectivity index (χ1n) is 4.83. The molecule has 0 aromatic carbocycles. The summed E-state index contributed by atoms with van der Waals surface area (Å²) in [7, 11) is 1.17. The maximum absolute atomic E-state index is 3.88. The van der Waals surface area contributed by atoms with Gasteiger partial charge >= 0.3 is 0 Å². The van der Waals surface area contributed by atoms with E-state index in [2.05, 4.69) is 29.0 Å². The van der Waals surface area contributed by atoms with Crippen LogP contribution in [-0.2, 0) is 0 Å². The van der Waals surface area contributed by atoms with Gasteiger partial charge in [0.05, 0.1) is 10.4 Å². The van der Waals surface area contributed by atoms with Crippen molar-refractivity contribution in [1.82, 2.24) is 9.47 Å². The Morgan fingerprint density at radius 1 is 1.58 bits per heavy atom. The van der Waals surface area contributed by atoms with Gasteiger partial charge in [-0.2, -0.15) is 0 Å². The van der Waals surface area contributed by atoms with E-state index in [0.717, 1.165) is 0 Å². The molecule has 0 aliphatic carbocycles. The molecule has 1 rings (SSSR count). The van der Waals surface area contributed by atoms with Gasteiger partial charge in [0.1, 0.15) is 0 Å². The maximum atomic E-state index is 3.88. The molecule has 1 saturated heterocycles. The van der Waals surface area contributed by atoms with Crippen molar-refractivity contribution in [2.75, 3.05) is 26.2 Å². The zero-order chi connectivity index (χ0) is 8.97. The first kappa shape index (κ1) is 9.96. The van der Waals surface area contributed by atoms with Gasteiger partial charge < -0.3 is 9.47 Å². The van der Waals surface area contributed by atoms with Crippen LogP contribution in [-0.4, -0.2) is 52.1 Å². The van der Waals surface area contributed by atoms with Crippen molar-refractivity contribution in [3.63, 3.8) is 0 Å². The normalized spacial score (nSPS) is 27.6. The zero-order valence-corrected chi connectivity index (χ0v) is 10.3. The topological polar surface area (TPSA) is 6.48 Å². The van der Waals surface area contributed by atoms with Crippen molar-refractivity contribution in [3.8, 4) is 0 Å². The Morgan fingerprint density at radius 2 is 2.33 bits per heavy atom. The van der Waals surface area contributed by atoms with Crippen LogP contribution in [0.4, 0.5) is 0 Å². The third-order valence-electron chi connectivity index (χ3n) is 2.59. The largest absolute Gasteiger partial charge is 0.324 e. The molecule has 1 atom stereocenters. The summed E-state index contributed by atoms with van der Waals surface area (Å²) in [6.07, 6.45) is 3.36. The minimum atomic E-state index is 0.622. The van der Waals surface area contributed by atoms with E-state index in [1.165, 1.54) is 43.0 Å². The Bertz CT molecular complexity index is 149. The van der Waals surface area contributed by atoms with Crippen LogP contribution in [0.2, 0.25) is 0 Å². The summed E-state index contributed by atoms with van der Waals surface area (Å²) >= 11 is 0. The molecule has 0 aromatic heterocycles. The van der Waals surface area contributed by atoms with Crippen molar-refractivity contribution in [2.45, 2.75) is 19.4 Å². The predicted octanol–water partition coefficient (Wildman–Crippen LogP) is -0.151. The van der Waals surface area contributed by atoms with Crippen molar-refractivity contribution < 1.29 is 0 Å². The number of hydrogen-bond acceptors (Lipinski definition) is 2. The highest BCUT2D eigenvalue weighted by molar-refractivity contribution is 6.04. The van der Waals surface area contributed by atoms with Gasteiger partial charge in [-0.1, -0.05) is 13.0 Å². The molecule has 0 N–H and O–H groups in total. The Kier molecular flexibility index (Phi) is 3.98. The summed E-state index contributed by atoms with van der Waals surface area (Å²) in [5, 5.41) is 0. The second-order valence-electron chi connectivity index (χ2n) is 3.58. The number of rotatable bonds is 3. The Morgan fingerprint density at radius 3 is 2.92 bits per heavy atom. The first-order chi connectivity index (χ1) is 5.77. The van der Waals surface area contributed by atoms with E-state index in [9.17, 15) is 0 Å². The molecule has 1 aliphatic rings. The van der Waals surface area contributed by atoms with E-state index in [1.807, 2.05) is 0 Å². The van der Waals surface area contributed by atoms with Gasteiger partial charge in [-0.15, -0.1) is 6.58 Å². The fraction of sp³-hybridized carbons (Fsp3) is 0.778. The van der Waals surface area contributed by atoms with Crippen molar-refractivity contribution in [2.24, 2.45) is 0 Å². The maximum Gasteiger partial charge on any atom is 0.0793 e. The zero-order valence-electron chi connectivity index (χ0n) is 8.29. The molecule has 0 aromatic rings. The Hall–Kier alpha value is -0.123. The summed E-state index contributed by atoms with van der Waals surface area (Å²) in [6, 6.07) is 0.622. The molecular formula is C9H20N2Si. The van der Waals surface area contributed by atoms with Crippen molar-refractivity contribution in [1.29, 1.82) is 0 Å². The Labute approximate surface area is 78.7 Å². The third-order valence-corrected chi connectivity index (χ3v) is 3.70. The van der Waals surface area contributed by atoms with Gasteiger partial charge in [0, 0.05) is 25.7 Å². The molecule has 3 heteroatoms. The lowest BCUT2D eigenvalue weighted by Crippen LogP contribution is -2.51. The molecule has 0 radical (unpaired) electrons. The van der Waals surface area contributed by atoms with Gasteiger partial charge in [0.15, 0.2) is 0 Å². The van der Waals surface area contributed by atoms with Crippen LogP contribution in [0.5, 0.6) is 0 Å². The molecule has 0 spiro atoms. The van der Waals surface area contributed by atoms with Gasteiger partial charge in [-0.05, 0) is 13.0 Å². The summed E-state index contributed by atoms with van der Waals surface area (Å²) in [6.45, 7) is 11.1. The monoisotopic (exact) mass is 184 g/mol. The molecular weight excluding hydrogens is 164 g/mol. The average molecular weight is 184 g/mol. The number of piperazine rings is 1. The fourth-order valence-corrected chi connectivity index (χ4v) is 2.31. The van der Waals surface area contributed by atoms with Crippen molar-refractivity contribution in [3.05, 3.63) is 12.7 Å². The minimum Gasteiger partial charge on any atom is -0.324 e. The molecule has 0 saturated carbocycles. The SMILES string of the molecule is C=CC1CN(CCC)CCN1[SiH3]. The quantitative estimate of drug-likeness (QED) is 0.445. The second-order valence-corrected chi connectivity index (χ2v) is 4.73. The fourth-order valence-electron chi connectivity index (χ4n) is 1.73. The highest BCUT2D eigenvalue weighted by Gasteiger charge is 2.20. The predicted molar refractivity (Wildman–Crippen MR) is 57.4 cm³/mol. The highest BCUT2D eigenvalue weighted by atomic mass is 28.2. The third kappa shape index (κ3) is 2.44. The Balaban J connectivity index is 2.38. The van der Waals surface area contributed by atoms with E-state index in [0.29, 0.717) is 6.04 Å². The molecule has 1 aliphatic heterocycles. The van der Waals surface area contributed by atoms with Crippen molar-refractivity contribution >= 4 is 10.4 Å². The molecule has 70 valence electrons. The number of hydrogen-bond donors (Lipinski definition) is 0. The van der Waals surface area contributed by atoms with Gasteiger partial charge in [-0.3, -0.25) is 0 Å². The van der Waals surface area contributed by atoms with E-state index in [1.54, 1.807) is 0 Å². The molecule has 1 fully saturated rings. The lowest BCUT2D eigenvalue weighted by Gasteiger charge is -2.38. The summed E-state index contributed by atoms with van der Waals surface area (Å²) in [5.41, 5.74) is 0. The summed E-state index contributed by atoms with van der Waals surface area (Å²) in [5.74, 6) is 0. The van der Waals surface area contributed by atoms with Crippen LogP contribution in [0.1, 0.15) is 13.3 Å². The minimum absolute atomic E-state index is 0.622. The van der Waals surface area contributed by atoms with Crippen LogP contribution >= 0.6 is 0 Å². The molecule has 1 heterocycles. The van der Waals surface area contributed by atoms with Gasteiger partial charge in [0.25, 0.3) is 0 Å². The highest BCUT2D eigenvalue weighted by Crippen LogP contribution is 2.07. The summed E-state index contributed by atoms with van der Waals surface area (Å²) in [4.78, 5) is 2.54. The molecule has 1 unspecified atom stereocenters. The first-order valence-corrected chi connectivity index (χ1v) is 5.72. The van der Waals surface area contributed by atoms with E-state index >= 15 is 0 Å². The standard InChI is InChI=1S/C9H20N2Si/c1-3-5-10-6-7-11(12)9(4-2)8-10/h4,9H,2-3,5-8H2,1,12H3. The molecule has 0 amide bonds. The van der Waals surface area contributed by atoms with Crippen LogP contribution in [0.15, 0.2) is 12.7 Å². The molecule has 2 nitrogen and oxygen atoms in total. The van der Waals surface area contributed by atoms with Gasteiger partial charge in [0.2, 0.25) is 0 Å². The smallest absolute Gasteiger partial charge is 0.0793 e. The number of nitrogens with zero attached hydrogens (tertiary/aromatic N) is 2. The average Bonchev–Trinajstić information content (AvgIpc) is 2.09. The van der Waals surface area contributed by atoms with Crippen LogP contribution in [0.3, 0.4) is 0 Å². The van der Waals surface area contributed by atoms with E-state index < -0.39 is 0 Å². The second kappa shape index (κ2) is 4.79. The molecule has 0 bridgehead atoms. The molecule has 12 heavy (non-hydrogen) atoms. The lowest BCUT2D eigenvalue weighted by molar-refractivity contribution is 0.160.